The van der Waals surface area contributed by atoms with Crippen LogP contribution in [0.15, 0.2) is 30.2 Å². The van der Waals surface area contributed by atoms with Gasteiger partial charge < -0.3 is 10.3 Å². The van der Waals surface area contributed by atoms with E-state index in [4.69, 9.17) is 0 Å². The predicted molar refractivity (Wildman–Crippen MR) is 72.7 cm³/mol. The molecule has 0 aromatic carbocycles. The zero-order valence-corrected chi connectivity index (χ0v) is 10.7. The summed E-state index contributed by atoms with van der Waals surface area (Å²) >= 11 is 1.75. The molecule has 0 saturated carbocycles. The zero-order chi connectivity index (χ0) is 12.4. The summed E-state index contributed by atoms with van der Waals surface area (Å²) in [4.78, 5) is 16.9. The van der Waals surface area contributed by atoms with Crippen molar-refractivity contribution in [2.24, 2.45) is 0 Å². The van der Waals surface area contributed by atoms with E-state index < -0.39 is 0 Å². The Labute approximate surface area is 108 Å². The molecule has 1 atom stereocenters. The quantitative estimate of drug-likeness (QED) is 0.756. The lowest BCUT2D eigenvalue weighted by molar-refractivity contribution is 0.759. The van der Waals surface area contributed by atoms with Crippen LogP contribution in [0, 0.1) is 0 Å². The highest BCUT2D eigenvalue weighted by atomic mass is 32.1. The molecule has 0 radical (unpaired) electrons. The van der Waals surface area contributed by atoms with Gasteiger partial charge in [-0.1, -0.05) is 13.0 Å². The van der Waals surface area contributed by atoms with Crippen molar-refractivity contribution in [1.29, 1.82) is 0 Å². The van der Waals surface area contributed by atoms with E-state index in [1.54, 1.807) is 17.7 Å². The van der Waals surface area contributed by atoms with Crippen LogP contribution in [0.2, 0.25) is 0 Å². The lowest BCUT2D eigenvalue weighted by atomic mass is 10.2. The zero-order valence-electron chi connectivity index (χ0n) is 9.92. The van der Waals surface area contributed by atoms with Crippen LogP contribution in [0.4, 0.5) is 5.82 Å². The van der Waals surface area contributed by atoms with Crippen LogP contribution in [0.25, 0.3) is 11.2 Å². The Kier molecular flexibility index (Phi) is 2.93. The Morgan fingerprint density at radius 3 is 3.11 bits per heavy atom. The van der Waals surface area contributed by atoms with E-state index >= 15 is 0 Å². The Balaban J connectivity index is 1.93. The number of nitrogens with one attached hydrogen (secondary N) is 2. The first kappa shape index (κ1) is 11.2. The molecule has 3 aromatic heterocycles. The summed E-state index contributed by atoms with van der Waals surface area (Å²) in [6.07, 6.45) is 4.17. The second-order valence-corrected chi connectivity index (χ2v) is 4.92. The largest absolute Gasteiger partial charge is 0.361 e. The summed E-state index contributed by atoms with van der Waals surface area (Å²) in [5, 5.41) is 5.54. The molecule has 0 aliphatic heterocycles. The van der Waals surface area contributed by atoms with Gasteiger partial charge in [0.05, 0.1) is 12.4 Å². The summed E-state index contributed by atoms with van der Waals surface area (Å²) in [6, 6.07) is 4.47. The summed E-state index contributed by atoms with van der Waals surface area (Å²) in [5.74, 6) is 0.803. The maximum absolute atomic E-state index is 4.29. The number of imidazole rings is 1. The van der Waals surface area contributed by atoms with Crippen molar-refractivity contribution in [3.63, 3.8) is 0 Å². The van der Waals surface area contributed by atoms with Crippen molar-refractivity contribution in [2.45, 2.75) is 19.4 Å². The van der Waals surface area contributed by atoms with Gasteiger partial charge >= 0.3 is 0 Å². The first-order valence-electron chi connectivity index (χ1n) is 5.82. The van der Waals surface area contributed by atoms with Crippen LogP contribution in [0.3, 0.4) is 0 Å². The van der Waals surface area contributed by atoms with Gasteiger partial charge in [0.1, 0.15) is 11.8 Å². The second kappa shape index (κ2) is 4.73. The molecule has 3 aromatic rings. The minimum atomic E-state index is 0.270. The van der Waals surface area contributed by atoms with Gasteiger partial charge in [-0.05, 0) is 17.9 Å². The smallest absolute Gasteiger partial charge is 0.182 e. The van der Waals surface area contributed by atoms with E-state index in [-0.39, 0.29) is 6.04 Å². The molecular formula is C12H13N5S. The fourth-order valence-electron chi connectivity index (χ4n) is 1.90. The van der Waals surface area contributed by atoms with Crippen molar-refractivity contribution >= 4 is 28.3 Å². The minimum Gasteiger partial charge on any atom is -0.361 e. The monoisotopic (exact) mass is 259 g/mol. The van der Waals surface area contributed by atoms with Gasteiger partial charge in [-0.2, -0.15) is 0 Å². The number of rotatable bonds is 4. The summed E-state index contributed by atoms with van der Waals surface area (Å²) in [6.45, 7) is 2.16. The molecule has 92 valence electrons. The van der Waals surface area contributed by atoms with Crippen molar-refractivity contribution in [3.05, 3.63) is 35.0 Å². The summed E-state index contributed by atoms with van der Waals surface area (Å²) < 4.78 is 0. The highest BCUT2D eigenvalue weighted by molar-refractivity contribution is 7.10. The third-order valence-corrected chi connectivity index (χ3v) is 3.81. The first-order chi connectivity index (χ1) is 8.88. The van der Waals surface area contributed by atoms with E-state index in [1.807, 2.05) is 0 Å². The third-order valence-electron chi connectivity index (χ3n) is 2.83. The Morgan fingerprint density at radius 1 is 1.39 bits per heavy atom. The number of hydrogen-bond donors (Lipinski definition) is 2. The average molecular weight is 259 g/mol. The minimum absolute atomic E-state index is 0.270. The van der Waals surface area contributed by atoms with Gasteiger partial charge in [0, 0.05) is 4.88 Å². The number of fused-ring (bicyclic) bond motifs is 1. The molecule has 3 heterocycles. The molecule has 0 bridgehead atoms. The standard InChI is InChI=1S/C12H13N5S/c1-2-8(9-4-3-5-18-9)17-12-10-11(14-6-13-10)15-7-16-12/h3-8H,2H2,1H3,(H2,13,14,15,16,17). The Bertz CT molecular complexity index is 631. The Hall–Kier alpha value is -1.95. The number of aromatic nitrogens is 4. The van der Waals surface area contributed by atoms with Crippen molar-refractivity contribution < 1.29 is 0 Å². The van der Waals surface area contributed by atoms with E-state index in [1.165, 1.54) is 11.2 Å². The maximum atomic E-state index is 4.29. The van der Waals surface area contributed by atoms with Gasteiger partial charge in [0.2, 0.25) is 0 Å². The van der Waals surface area contributed by atoms with Gasteiger partial charge in [-0.15, -0.1) is 11.3 Å². The van der Waals surface area contributed by atoms with Gasteiger partial charge in [0.15, 0.2) is 11.5 Å². The summed E-state index contributed by atoms with van der Waals surface area (Å²) in [5.41, 5.74) is 1.54. The number of nitrogens with zero attached hydrogens (tertiary/aromatic N) is 3. The number of H-pyrrole nitrogens is 1. The molecule has 0 fully saturated rings. The number of anilines is 1. The number of hydrogen-bond acceptors (Lipinski definition) is 5. The lowest BCUT2D eigenvalue weighted by Crippen LogP contribution is -2.10. The van der Waals surface area contributed by atoms with Crippen LogP contribution in [-0.4, -0.2) is 19.9 Å². The van der Waals surface area contributed by atoms with E-state index in [0.29, 0.717) is 5.65 Å². The van der Waals surface area contributed by atoms with E-state index in [2.05, 4.69) is 49.7 Å². The SMILES string of the molecule is CCC(Nc1ncnc2nc[nH]c12)c1cccs1. The van der Waals surface area contributed by atoms with Gasteiger partial charge in [-0.25, -0.2) is 15.0 Å². The number of aromatic amines is 1. The van der Waals surface area contributed by atoms with Crippen molar-refractivity contribution in [1.82, 2.24) is 19.9 Å². The normalized spacial score (nSPS) is 12.7. The van der Waals surface area contributed by atoms with Crippen molar-refractivity contribution in [2.75, 3.05) is 5.32 Å². The third kappa shape index (κ3) is 1.95. The highest BCUT2D eigenvalue weighted by Gasteiger charge is 2.13. The maximum Gasteiger partial charge on any atom is 0.182 e. The molecule has 3 rings (SSSR count). The van der Waals surface area contributed by atoms with Gasteiger partial charge in [0.25, 0.3) is 0 Å². The molecule has 0 aliphatic carbocycles. The fraction of sp³-hybridized carbons (Fsp3) is 0.250. The van der Waals surface area contributed by atoms with E-state index in [0.717, 1.165) is 17.8 Å². The molecule has 2 N–H and O–H groups in total. The van der Waals surface area contributed by atoms with E-state index in [9.17, 15) is 0 Å². The molecule has 0 amide bonds. The highest BCUT2D eigenvalue weighted by Crippen LogP contribution is 2.27. The molecule has 6 heteroatoms. The van der Waals surface area contributed by atoms with Gasteiger partial charge in [-0.3, -0.25) is 0 Å². The fourth-order valence-corrected chi connectivity index (χ4v) is 2.76. The molecule has 0 saturated heterocycles. The van der Waals surface area contributed by atoms with Crippen LogP contribution in [-0.2, 0) is 0 Å². The van der Waals surface area contributed by atoms with Crippen LogP contribution < -0.4 is 5.32 Å². The first-order valence-corrected chi connectivity index (χ1v) is 6.70. The lowest BCUT2D eigenvalue weighted by Gasteiger charge is -2.16. The van der Waals surface area contributed by atoms with Crippen molar-refractivity contribution in [3.8, 4) is 0 Å². The molecule has 1 unspecified atom stereocenters. The topological polar surface area (TPSA) is 66.5 Å². The molecular weight excluding hydrogens is 246 g/mol. The summed E-state index contributed by atoms with van der Waals surface area (Å²) in [7, 11) is 0. The van der Waals surface area contributed by atoms with Crippen LogP contribution in [0.1, 0.15) is 24.3 Å². The van der Waals surface area contributed by atoms with Crippen LogP contribution in [0.5, 0.6) is 0 Å². The predicted octanol–water partition coefficient (Wildman–Crippen LogP) is 2.98. The molecule has 0 aliphatic rings. The molecule has 18 heavy (non-hydrogen) atoms. The van der Waals surface area contributed by atoms with Crippen LogP contribution >= 0.6 is 11.3 Å². The number of thiophene rings is 1. The molecule has 5 nitrogen and oxygen atoms in total. The Morgan fingerprint density at radius 2 is 2.33 bits per heavy atom. The average Bonchev–Trinajstić information content (AvgIpc) is 3.06. The second-order valence-electron chi connectivity index (χ2n) is 3.94. The molecule has 0 spiro atoms.